The second kappa shape index (κ2) is 6.31. The number of hydrogen-bond donors (Lipinski definition) is 2. The Hall–Kier alpha value is -0.170. The summed E-state index contributed by atoms with van der Waals surface area (Å²) in [4.78, 5) is 4.15. The molecule has 74 valence electrons. The van der Waals surface area contributed by atoms with E-state index >= 15 is 0 Å². The van der Waals surface area contributed by atoms with E-state index in [0.29, 0.717) is 19.8 Å². The number of ether oxygens (including phenoxy) is 1. The highest BCUT2D eigenvalue weighted by Crippen LogP contribution is 2.18. The van der Waals surface area contributed by atoms with Gasteiger partial charge in [-0.3, -0.25) is 0 Å². The van der Waals surface area contributed by atoms with Crippen LogP contribution in [0.4, 0.5) is 5.13 Å². The number of anilines is 1. The van der Waals surface area contributed by atoms with Gasteiger partial charge >= 0.3 is 0 Å². The molecule has 0 spiro atoms. The third kappa shape index (κ3) is 4.56. The number of halogens is 1. The SMILES string of the molecule is OCCOCCNc1nc(Br)cs1. The fourth-order valence-corrected chi connectivity index (χ4v) is 1.91. The molecule has 0 amide bonds. The van der Waals surface area contributed by atoms with Crippen LogP contribution in [0.5, 0.6) is 0 Å². The highest BCUT2D eigenvalue weighted by molar-refractivity contribution is 9.10. The summed E-state index contributed by atoms with van der Waals surface area (Å²) in [5.41, 5.74) is 0. The zero-order valence-electron chi connectivity index (χ0n) is 6.99. The van der Waals surface area contributed by atoms with Crippen molar-refractivity contribution < 1.29 is 9.84 Å². The Balaban J connectivity index is 2.06. The third-order valence-electron chi connectivity index (χ3n) is 1.23. The summed E-state index contributed by atoms with van der Waals surface area (Å²) in [6.45, 7) is 1.75. The highest BCUT2D eigenvalue weighted by Gasteiger charge is 1.96. The van der Waals surface area contributed by atoms with Crippen LogP contribution in [0.25, 0.3) is 0 Å². The molecule has 0 aliphatic rings. The second-order valence-corrected chi connectivity index (χ2v) is 3.91. The van der Waals surface area contributed by atoms with E-state index in [2.05, 4.69) is 26.2 Å². The minimum absolute atomic E-state index is 0.0722. The molecule has 4 nitrogen and oxygen atoms in total. The molecule has 0 aliphatic heterocycles. The Morgan fingerprint density at radius 3 is 3.08 bits per heavy atom. The van der Waals surface area contributed by atoms with Crippen molar-refractivity contribution in [1.82, 2.24) is 4.98 Å². The van der Waals surface area contributed by atoms with Gasteiger partial charge in [-0.25, -0.2) is 4.98 Å². The minimum Gasteiger partial charge on any atom is -0.394 e. The van der Waals surface area contributed by atoms with Crippen molar-refractivity contribution in [2.45, 2.75) is 0 Å². The molecular weight excluding hydrogens is 256 g/mol. The van der Waals surface area contributed by atoms with Crippen LogP contribution in [0.3, 0.4) is 0 Å². The quantitative estimate of drug-likeness (QED) is 0.763. The first-order valence-electron chi connectivity index (χ1n) is 3.86. The topological polar surface area (TPSA) is 54.4 Å². The zero-order valence-corrected chi connectivity index (χ0v) is 9.40. The smallest absolute Gasteiger partial charge is 0.183 e. The molecule has 0 aliphatic carbocycles. The Labute approximate surface area is 89.1 Å². The molecule has 0 saturated carbocycles. The molecule has 13 heavy (non-hydrogen) atoms. The van der Waals surface area contributed by atoms with E-state index in [4.69, 9.17) is 9.84 Å². The van der Waals surface area contributed by atoms with E-state index in [1.807, 2.05) is 5.38 Å². The molecular formula is C7H11BrN2O2S. The van der Waals surface area contributed by atoms with Gasteiger partial charge < -0.3 is 15.2 Å². The van der Waals surface area contributed by atoms with Crippen molar-refractivity contribution in [2.24, 2.45) is 0 Å². The lowest BCUT2D eigenvalue weighted by Gasteiger charge is -2.02. The molecule has 1 aromatic heterocycles. The van der Waals surface area contributed by atoms with Gasteiger partial charge in [0.1, 0.15) is 4.60 Å². The highest BCUT2D eigenvalue weighted by atomic mass is 79.9. The summed E-state index contributed by atoms with van der Waals surface area (Å²) in [6, 6.07) is 0. The number of aliphatic hydroxyl groups is 1. The molecule has 1 heterocycles. The van der Waals surface area contributed by atoms with Crippen LogP contribution in [0.15, 0.2) is 9.98 Å². The lowest BCUT2D eigenvalue weighted by atomic mass is 10.7. The maximum Gasteiger partial charge on any atom is 0.183 e. The molecule has 2 N–H and O–H groups in total. The molecule has 1 aromatic rings. The van der Waals surface area contributed by atoms with Crippen LogP contribution in [-0.2, 0) is 4.74 Å². The van der Waals surface area contributed by atoms with E-state index in [-0.39, 0.29) is 6.61 Å². The van der Waals surface area contributed by atoms with Gasteiger partial charge in [0.25, 0.3) is 0 Å². The number of thiazole rings is 1. The number of rotatable bonds is 6. The molecule has 6 heteroatoms. The second-order valence-electron chi connectivity index (χ2n) is 2.24. The maximum atomic E-state index is 8.42. The molecule has 1 rings (SSSR count). The van der Waals surface area contributed by atoms with Crippen LogP contribution < -0.4 is 5.32 Å². The van der Waals surface area contributed by atoms with Gasteiger partial charge in [0, 0.05) is 11.9 Å². The molecule has 0 saturated heterocycles. The zero-order chi connectivity index (χ0) is 9.52. The Kier molecular flexibility index (Phi) is 5.29. The van der Waals surface area contributed by atoms with Crippen LogP contribution >= 0.6 is 27.3 Å². The predicted molar refractivity (Wildman–Crippen MR) is 56.2 cm³/mol. The number of hydrogen-bond acceptors (Lipinski definition) is 5. The third-order valence-corrected chi connectivity index (χ3v) is 2.74. The summed E-state index contributed by atoms with van der Waals surface area (Å²) in [6.07, 6.45) is 0. The van der Waals surface area contributed by atoms with Gasteiger partial charge in [-0.15, -0.1) is 11.3 Å². The van der Waals surface area contributed by atoms with Crippen molar-refractivity contribution in [3.63, 3.8) is 0 Å². The van der Waals surface area contributed by atoms with Gasteiger partial charge in [-0.2, -0.15) is 0 Å². The Bertz CT molecular complexity index is 244. The molecule has 0 aromatic carbocycles. The van der Waals surface area contributed by atoms with Gasteiger partial charge in [-0.1, -0.05) is 0 Å². The van der Waals surface area contributed by atoms with Crippen LogP contribution in [0.2, 0.25) is 0 Å². The molecule has 0 fully saturated rings. The minimum atomic E-state index is 0.0722. The van der Waals surface area contributed by atoms with Crippen LogP contribution in [-0.4, -0.2) is 36.5 Å². The van der Waals surface area contributed by atoms with Crippen molar-refractivity contribution >= 4 is 32.4 Å². The van der Waals surface area contributed by atoms with Crippen molar-refractivity contribution in [3.8, 4) is 0 Å². The van der Waals surface area contributed by atoms with Crippen molar-refractivity contribution in [2.75, 3.05) is 31.7 Å². The standard InChI is InChI=1S/C7H11BrN2O2S/c8-6-5-13-7(10-6)9-1-3-12-4-2-11/h5,11H,1-4H2,(H,9,10). The largest absolute Gasteiger partial charge is 0.394 e. The lowest BCUT2D eigenvalue weighted by Crippen LogP contribution is -2.10. The van der Waals surface area contributed by atoms with E-state index < -0.39 is 0 Å². The van der Waals surface area contributed by atoms with E-state index in [1.165, 1.54) is 11.3 Å². The van der Waals surface area contributed by atoms with Crippen molar-refractivity contribution in [1.29, 1.82) is 0 Å². The summed E-state index contributed by atoms with van der Waals surface area (Å²) >= 11 is 4.80. The first-order valence-corrected chi connectivity index (χ1v) is 5.53. The monoisotopic (exact) mass is 266 g/mol. The number of aliphatic hydroxyl groups excluding tert-OH is 1. The lowest BCUT2D eigenvalue weighted by molar-refractivity contribution is 0.0992. The van der Waals surface area contributed by atoms with Gasteiger partial charge in [-0.05, 0) is 15.9 Å². The van der Waals surface area contributed by atoms with Crippen LogP contribution in [0.1, 0.15) is 0 Å². The maximum absolute atomic E-state index is 8.42. The summed E-state index contributed by atoms with van der Waals surface area (Å²) in [5, 5.41) is 14.3. The van der Waals surface area contributed by atoms with Crippen molar-refractivity contribution in [3.05, 3.63) is 9.98 Å². The number of nitrogens with zero attached hydrogens (tertiary/aromatic N) is 1. The van der Waals surface area contributed by atoms with Gasteiger partial charge in [0.15, 0.2) is 5.13 Å². The molecule has 0 bridgehead atoms. The average molecular weight is 267 g/mol. The first kappa shape index (κ1) is 10.9. The summed E-state index contributed by atoms with van der Waals surface area (Å²) in [7, 11) is 0. The molecule has 0 radical (unpaired) electrons. The normalized spacial score (nSPS) is 10.3. The fraction of sp³-hybridized carbons (Fsp3) is 0.571. The van der Waals surface area contributed by atoms with E-state index in [0.717, 1.165) is 9.73 Å². The van der Waals surface area contributed by atoms with Gasteiger partial charge in [0.05, 0.1) is 19.8 Å². The molecule has 0 atom stereocenters. The van der Waals surface area contributed by atoms with E-state index in [1.54, 1.807) is 0 Å². The Morgan fingerprint density at radius 2 is 2.46 bits per heavy atom. The average Bonchev–Trinajstić information content (AvgIpc) is 2.51. The fourth-order valence-electron chi connectivity index (χ4n) is 0.732. The number of nitrogens with one attached hydrogen (secondary N) is 1. The Morgan fingerprint density at radius 1 is 1.62 bits per heavy atom. The predicted octanol–water partition coefficient (Wildman–Crippen LogP) is 1.33. The first-order chi connectivity index (χ1) is 6.33. The van der Waals surface area contributed by atoms with Gasteiger partial charge in [0.2, 0.25) is 0 Å². The summed E-state index contributed by atoms with van der Waals surface area (Å²) in [5.74, 6) is 0. The molecule has 0 unspecified atom stereocenters. The van der Waals surface area contributed by atoms with Crippen LogP contribution in [0, 0.1) is 0 Å². The number of aromatic nitrogens is 1. The van der Waals surface area contributed by atoms with E-state index in [9.17, 15) is 0 Å². The summed E-state index contributed by atoms with van der Waals surface area (Å²) < 4.78 is 5.91.